The minimum absolute atomic E-state index is 0.0889. The second-order valence-electron chi connectivity index (χ2n) is 4.21. The molecule has 1 aliphatic carbocycles. The summed E-state index contributed by atoms with van der Waals surface area (Å²) in [5, 5.41) is 3.25. The van der Waals surface area contributed by atoms with Crippen LogP contribution in [-0.2, 0) is 0 Å². The summed E-state index contributed by atoms with van der Waals surface area (Å²) in [6.07, 6.45) is 4.47. The number of hydrogen-bond donors (Lipinski definition) is 2. The van der Waals surface area contributed by atoms with Crippen molar-refractivity contribution in [3.05, 3.63) is 0 Å². The fourth-order valence-corrected chi connectivity index (χ4v) is 2.39. The van der Waals surface area contributed by atoms with E-state index in [1.54, 1.807) is 0 Å². The summed E-state index contributed by atoms with van der Waals surface area (Å²) in [5.41, 5.74) is 4.62. The van der Waals surface area contributed by atoms with Crippen LogP contribution in [0.4, 0.5) is 4.39 Å². The number of hydrogen-bond acceptors (Lipinski definition) is 2. The molecular formula is C9H17FN2. The van der Waals surface area contributed by atoms with E-state index in [4.69, 9.17) is 5.73 Å². The van der Waals surface area contributed by atoms with E-state index in [1.165, 1.54) is 12.8 Å². The first-order chi connectivity index (χ1) is 5.71. The van der Waals surface area contributed by atoms with E-state index in [9.17, 15) is 4.39 Å². The number of halogens is 1. The lowest BCUT2D eigenvalue weighted by atomic mass is 9.71. The van der Waals surface area contributed by atoms with Crippen LogP contribution in [0.3, 0.4) is 0 Å². The Bertz CT molecular complexity index is 160. The zero-order valence-corrected chi connectivity index (χ0v) is 7.35. The standard InChI is InChI=1S/C9H17FN2/c10-9(5-7(11)6-9)8-3-1-2-4-12-8/h7-8,12H,1-6,11H2. The molecule has 0 aromatic rings. The summed E-state index contributed by atoms with van der Waals surface area (Å²) in [6.45, 7) is 0.978. The summed E-state index contributed by atoms with van der Waals surface area (Å²) in [7, 11) is 0. The Kier molecular flexibility index (Phi) is 2.09. The van der Waals surface area contributed by atoms with Crippen molar-refractivity contribution in [1.29, 1.82) is 0 Å². The molecule has 12 heavy (non-hydrogen) atoms. The molecule has 3 N–H and O–H groups in total. The van der Waals surface area contributed by atoms with Crippen LogP contribution in [0.15, 0.2) is 0 Å². The number of rotatable bonds is 1. The maximum Gasteiger partial charge on any atom is 0.129 e. The van der Waals surface area contributed by atoms with Gasteiger partial charge >= 0.3 is 0 Å². The molecule has 70 valence electrons. The fraction of sp³-hybridized carbons (Fsp3) is 1.00. The van der Waals surface area contributed by atoms with Gasteiger partial charge in [-0.15, -0.1) is 0 Å². The molecule has 0 radical (unpaired) electrons. The molecule has 2 nitrogen and oxygen atoms in total. The Morgan fingerprint density at radius 2 is 2.08 bits per heavy atom. The highest BCUT2D eigenvalue weighted by Gasteiger charge is 2.49. The first-order valence-corrected chi connectivity index (χ1v) is 4.89. The molecule has 0 aromatic carbocycles. The highest BCUT2D eigenvalue weighted by atomic mass is 19.1. The predicted octanol–water partition coefficient (Wildman–Crippen LogP) is 0.958. The zero-order valence-electron chi connectivity index (χ0n) is 7.35. The van der Waals surface area contributed by atoms with E-state index in [1.807, 2.05) is 0 Å². The molecular weight excluding hydrogens is 155 g/mol. The van der Waals surface area contributed by atoms with Crippen molar-refractivity contribution in [3.63, 3.8) is 0 Å². The fourth-order valence-electron chi connectivity index (χ4n) is 2.39. The lowest BCUT2D eigenvalue weighted by Gasteiger charge is -2.46. The molecule has 2 rings (SSSR count). The molecule has 3 heteroatoms. The van der Waals surface area contributed by atoms with Crippen LogP contribution in [-0.4, -0.2) is 24.3 Å². The Hall–Kier alpha value is -0.150. The lowest BCUT2D eigenvalue weighted by Crippen LogP contribution is -2.60. The first kappa shape index (κ1) is 8.45. The Labute approximate surface area is 72.7 Å². The van der Waals surface area contributed by atoms with Crippen molar-refractivity contribution < 1.29 is 4.39 Å². The Balaban J connectivity index is 1.90. The molecule has 1 saturated heterocycles. The van der Waals surface area contributed by atoms with E-state index in [0.717, 1.165) is 13.0 Å². The third kappa shape index (κ3) is 1.36. The summed E-state index contributed by atoms with van der Waals surface area (Å²) in [6, 6.07) is 0.199. The third-order valence-electron chi connectivity index (χ3n) is 3.14. The van der Waals surface area contributed by atoms with Crippen LogP contribution in [0.2, 0.25) is 0 Å². The number of nitrogens with one attached hydrogen (secondary N) is 1. The summed E-state index contributed by atoms with van der Waals surface area (Å²) < 4.78 is 13.9. The van der Waals surface area contributed by atoms with Gasteiger partial charge in [-0.25, -0.2) is 4.39 Å². The van der Waals surface area contributed by atoms with Gasteiger partial charge in [0.1, 0.15) is 5.67 Å². The van der Waals surface area contributed by atoms with Gasteiger partial charge in [0.2, 0.25) is 0 Å². The van der Waals surface area contributed by atoms with E-state index < -0.39 is 5.67 Å². The second kappa shape index (κ2) is 2.96. The maximum atomic E-state index is 13.9. The topological polar surface area (TPSA) is 38.0 Å². The zero-order chi connectivity index (χ0) is 8.60. The van der Waals surface area contributed by atoms with Crippen LogP contribution < -0.4 is 11.1 Å². The van der Waals surface area contributed by atoms with Crippen molar-refractivity contribution in [3.8, 4) is 0 Å². The van der Waals surface area contributed by atoms with E-state index in [2.05, 4.69) is 5.32 Å². The van der Waals surface area contributed by atoms with Gasteiger partial charge in [-0.3, -0.25) is 0 Å². The van der Waals surface area contributed by atoms with Gasteiger partial charge in [0.15, 0.2) is 0 Å². The average molecular weight is 172 g/mol. The van der Waals surface area contributed by atoms with Crippen LogP contribution in [0.25, 0.3) is 0 Å². The molecule has 1 heterocycles. The third-order valence-corrected chi connectivity index (χ3v) is 3.14. The summed E-state index contributed by atoms with van der Waals surface area (Å²) in [5.74, 6) is 0. The smallest absolute Gasteiger partial charge is 0.129 e. The maximum absolute atomic E-state index is 13.9. The van der Waals surface area contributed by atoms with Gasteiger partial charge in [-0.2, -0.15) is 0 Å². The van der Waals surface area contributed by atoms with Crippen LogP contribution in [0, 0.1) is 0 Å². The number of alkyl halides is 1. The molecule has 1 saturated carbocycles. The van der Waals surface area contributed by atoms with E-state index in [0.29, 0.717) is 12.8 Å². The SMILES string of the molecule is NC1CC(F)(C2CCCCN2)C1. The average Bonchev–Trinajstić information content (AvgIpc) is 2.04. The largest absolute Gasteiger partial charge is 0.327 e. The molecule has 0 aromatic heterocycles. The molecule has 1 aliphatic heterocycles. The van der Waals surface area contributed by atoms with Gasteiger partial charge < -0.3 is 11.1 Å². The van der Waals surface area contributed by atoms with Gasteiger partial charge in [0.25, 0.3) is 0 Å². The van der Waals surface area contributed by atoms with Gasteiger partial charge in [-0.05, 0) is 32.2 Å². The predicted molar refractivity (Wildman–Crippen MR) is 46.7 cm³/mol. The molecule has 0 bridgehead atoms. The minimum atomic E-state index is -0.972. The molecule has 1 unspecified atom stereocenters. The van der Waals surface area contributed by atoms with Gasteiger partial charge in [-0.1, -0.05) is 6.42 Å². The summed E-state index contributed by atoms with van der Waals surface area (Å²) >= 11 is 0. The quantitative estimate of drug-likeness (QED) is 0.618. The van der Waals surface area contributed by atoms with Crippen molar-refractivity contribution >= 4 is 0 Å². The van der Waals surface area contributed by atoms with Gasteiger partial charge in [0.05, 0.1) is 0 Å². The van der Waals surface area contributed by atoms with Crippen LogP contribution in [0.5, 0.6) is 0 Å². The van der Waals surface area contributed by atoms with Crippen LogP contribution in [0.1, 0.15) is 32.1 Å². The Morgan fingerprint density at radius 1 is 1.33 bits per heavy atom. The first-order valence-electron chi connectivity index (χ1n) is 4.89. The molecule has 2 fully saturated rings. The normalized spacial score (nSPS) is 48.5. The van der Waals surface area contributed by atoms with Gasteiger partial charge in [0, 0.05) is 12.1 Å². The number of piperidine rings is 1. The summed E-state index contributed by atoms with van der Waals surface area (Å²) in [4.78, 5) is 0. The number of nitrogens with two attached hydrogens (primary N) is 1. The van der Waals surface area contributed by atoms with Crippen molar-refractivity contribution in [2.24, 2.45) is 5.73 Å². The van der Waals surface area contributed by atoms with Crippen molar-refractivity contribution in [2.45, 2.75) is 49.9 Å². The lowest BCUT2D eigenvalue weighted by molar-refractivity contribution is -0.00434. The highest BCUT2D eigenvalue weighted by Crippen LogP contribution is 2.40. The molecule has 0 spiro atoms. The monoisotopic (exact) mass is 172 g/mol. The second-order valence-corrected chi connectivity index (χ2v) is 4.21. The van der Waals surface area contributed by atoms with E-state index in [-0.39, 0.29) is 12.1 Å². The van der Waals surface area contributed by atoms with E-state index >= 15 is 0 Å². The molecule has 2 aliphatic rings. The van der Waals surface area contributed by atoms with Crippen LogP contribution >= 0.6 is 0 Å². The van der Waals surface area contributed by atoms with Crippen molar-refractivity contribution in [2.75, 3.05) is 6.54 Å². The highest BCUT2D eigenvalue weighted by molar-refractivity contribution is 5.05. The molecule has 1 atom stereocenters. The Morgan fingerprint density at radius 3 is 2.58 bits per heavy atom. The van der Waals surface area contributed by atoms with Crippen molar-refractivity contribution in [1.82, 2.24) is 5.32 Å². The minimum Gasteiger partial charge on any atom is -0.327 e. The molecule has 0 amide bonds.